The van der Waals surface area contributed by atoms with E-state index in [0.29, 0.717) is 12.8 Å². The van der Waals surface area contributed by atoms with E-state index < -0.39 is 5.97 Å². The van der Waals surface area contributed by atoms with E-state index >= 15 is 0 Å². The average molecular weight is 256 g/mol. The van der Waals surface area contributed by atoms with Crippen LogP contribution in [0.5, 0.6) is 0 Å². The molecular formula is C13H24N2O3. The van der Waals surface area contributed by atoms with Crippen LogP contribution in [-0.2, 0) is 4.79 Å². The summed E-state index contributed by atoms with van der Waals surface area (Å²) in [5.41, 5.74) is 0.282. The number of nitrogens with one attached hydrogen (secondary N) is 2. The van der Waals surface area contributed by atoms with Crippen molar-refractivity contribution >= 4 is 12.0 Å². The molecule has 1 aliphatic carbocycles. The van der Waals surface area contributed by atoms with Gasteiger partial charge >= 0.3 is 12.0 Å². The second-order valence-corrected chi connectivity index (χ2v) is 5.68. The molecule has 0 heterocycles. The van der Waals surface area contributed by atoms with Crippen LogP contribution < -0.4 is 10.6 Å². The summed E-state index contributed by atoms with van der Waals surface area (Å²) in [6.07, 6.45) is 5.06. The van der Waals surface area contributed by atoms with Crippen LogP contribution >= 0.6 is 0 Å². The number of carboxylic acid groups (broad SMARTS) is 1. The van der Waals surface area contributed by atoms with Crippen molar-refractivity contribution in [1.82, 2.24) is 10.6 Å². The van der Waals surface area contributed by atoms with Gasteiger partial charge in [0.2, 0.25) is 0 Å². The van der Waals surface area contributed by atoms with Gasteiger partial charge in [0.05, 0.1) is 0 Å². The SMILES string of the molecule is CC(CCCC(=O)O)NC(=O)NCC1(C)CCC1. The molecule has 1 saturated carbocycles. The van der Waals surface area contributed by atoms with Crippen molar-refractivity contribution in [2.24, 2.45) is 5.41 Å². The van der Waals surface area contributed by atoms with Crippen LogP contribution in [0.2, 0.25) is 0 Å². The number of hydrogen-bond donors (Lipinski definition) is 3. The Morgan fingerprint density at radius 3 is 2.56 bits per heavy atom. The Kier molecular flexibility index (Phi) is 5.44. The minimum Gasteiger partial charge on any atom is -0.481 e. The minimum atomic E-state index is -0.787. The second-order valence-electron chi connectivity index (χ2n) is 5.68. The Labute approximate surface area is 108 Å². The highest BCUT2D eigenvalue weighted by Gasteiger charge is 2.31. The third-order valence-corrected chi connectivity index (χ3v) is 3.64. The van der Waals surface area contributed by atoms with Crippen LogP contribution in [0, 0.1) is 5.41 Å². The Morgan fingerprint density at radius 2 is 2.06 bits per heavy atom. The Morgan fingerprint density at radius 1 is 1.39 bits per heavy atom. The first kappa shape index (κ1) is 14.8. The molecule has 1 fully saturated rings. The topological polar surface area (TPSA) is 78.4 Å². The van der Waals surface area contributed by atoms with Gasteiger partial charge in [0, 0.05) is 19.0 Å². The van der Waals surface area contributed by atoms with E-state index in [1.807, 2.05) is 6.92 Å². The molecule has 1 aliphatic rings. The molecule has 0 aromatic carbocycles. The Hall–Kier alpha value is -1.26. The fourth-order valence-corrected chi connectivity index (χ4v) is 2.16. The predicted molar refractivity (Wildman–Crippen MR) is 69.4 cm³/mol. The summed E-state index contributed by atoms with van der Waals surface area (Å²) in [7, 11) is 0. The van der Waals surface area contributed by atoms with Crippen LogP contribution in [0.3, 0.4) is 0 Å². The second kappa shape index (κ2) is 6.61. The first-order valence-corrected chi connectivity index (χ1v) is 6.67. The van der Waals surface area contributed by atoms with E-state index in [4.69, 9.17) is 5.11 Å². The van der Waals surface area contributed by atoms with Gasteiger partial charge in [0.15, 0.2) is 0 Å². The number of hydrogen-bond acceptors (Lipinski definition) is 2. The van der Waals surface area contributed by atoms with Gasteiger partial charge in [-0.15, -0.1) is 0 Å². The molecule has 18 heavy (non-hydrogen) atoms. The smallest absolute Gasteiger partial charge is 0.315 e. The lowest BCUT2D eigenvalue weighted by Gasteiger charge is -2.38. The molecule has 1 rings (SSSR count). The van der Waals surface area contributed by atoms with Crippen LogP contribution in [-0.4, -0.2) is 29.7 Å². The van der Waals surface area contributed by atoms with Crippen molar-refractivity contribution in [3.05, 3.63) is 0 Å². The van der Waals surface area contributed by atoms with Gasteiger partial charge in [-0.1, -0.05) is 13.3 Å². The van der Waals surface area contributed by atoms with E-state index in [9.17, 15) is 9.59 Å². The molecule has 0 bridgehead atoms. The van der Waals surface area contributed by atoms with Crippen molar-refractivity contribution < 1.29 is 14.7 Å². The van der Waals surface area contributed by atoms with Gasteiger partial charge in [0.25, 0.3) is 0 Å². The van der Waals surface area contributed by atoms with Crippen molar-refractivity contribution in [3.63, 3.8) is 0 Å². The van der Waals surface area contributed by atoms with Crippen LogP contribution in [0.25, 0.3) is 0 Å². The first-order valence-electron chi connectivity index (χ1n) is 6.67. The summed E-state index contributed by atoms with van der Waals surface area (Å²) in [5, 5.41) is 14.2. The number of amides is 2. The number of carbonyl (C=O) groups excluding carboxylic acids is 1. The molecule has 1 atom stereocenters. The minimum absolute atomic E-state index is 0.0125. The van der Waals surface area contributed by atoms with Crippen molar-refractivity contribution in [3.8, 4) is 0 Å². The maximum atomic E-state index is 11.6. The van der Waals surface area contributed by atoms with Crippen molar-refractivity contribution in [2.45, 2.75) is 58.4 Å². The van der Waals surface area contributed by atoms with Gasteiger partial charge < -0.3 is 15.7 Å². The largest absolute Gasteiger partial charge is 0.481 e. The van der Waals surface area contributed by atoms with E-state index in [2.05, 4.69) is 17.6 Å². The van der Waals surface area contributed by atoms with Crippen molar-refractivity contribution in [2.75, 3.05) is 6.54 Å². The molecular weight excluding hydrogens is 232 g/mol. The van der Waals surface area contributed by atoms with Gasteiger partial charge in [-0.25, -0.2) is 4.79 Å². The summed E-state index contributed by atoms with van der Waals surface area (Å²) in [5.74, 6) is -0.787. The lowest BCUT2D eigenvalue weighted by Crippen LogP contribution is -2.46. The summed E-state index contributed by atoms with van der Waals surface area (Å²) in [6, 6.07) is -0.135. The summed E-state index contributed by atoms with van der Waals surface area (Å²) >= 11 is 0. The molecule has 0 aromatic heterocycles. The van der Waals surface area contributed by atoms with Gasteiger partial charge in [-0.3, -0.25) is 4.79 Å². The zero-order valence-corrected chi connectivity index (χ0v) is 11.3. The van der Waals surface area contributed by atoms with Crippen LogP contribution in [0.4, 0.5) is 4.79 Å². The fourth-order valence-electron chi connectivity index (χ4n) is 2.16. The molecule has 1 unspecified atom stereocenters. The first-order chi connectivity index (χ1) is 8.41. The number of aliphatic carboxylic acids is 1. The van der Waals surface area contributed by atoms with Gasteiger partial charge in [0.1, 0.15) is 0 Å². The van der Waals surface area contributed by atoms with E-state index in [1.54, 1.807) is 0 Å². The normalized spacial score (nSPS) is 18.6. The van der Waals surface area contributed by atoms with Crippen LogP contribution in [0.1, 0.15) is 52.4 Å². The highest BCUT2D eigenvalue weighted by molar-refractivity contribution is 5.74. The lowest BCUT2D eigenvalue weighted by molar-refractivity contribution is -0.137. The summed E-state index contributed by atoms with van der Waals surface area (Å²) < 4.78 is 0. The zero-order valence-electron chi connectivity index (χ0n) is 11.3. The number of carboxylic acids is 1. The average Bonchev–Trinajstić information content (AvgIpc) is 2.23. The highest BCUT2D eigenvalue weighted by atomic mass is 16.4. The highest BCUT2D eigenvalue weighted by Crippen LogP contribution is 2.39. The molecule has 104 valence electrons. The maximum absolute atomic E-state index is 11.6. The number of carbonyl (C=O) groups is 2. The van der Waals surface area contributed by atoms with Gasteiger partial charge in [-0.2, -0.15) is 0 Å². The molecule has 2 amide bonds. The van der Waals surface area contributed by atoms with E-state index in [0.717, 1.165) is 6.54 Å². The fraction of sp³-hybridized carbons (Fsp3) is 0.846. The van der Waals surface area contributed by atoms with Crippen LogP contribution in [0.15, 0.2) is 0 Å². The van der Waals surface area contributed by atoms with Crippen molar-refractivity contribution in [1.29, 1.82) is 0 Å². The third-order valence-electron chi connectivity index (χ3n) is 3.64. The molecule has 0 aliphatic heterocycles. The van der Waals surface area contributed by atoms with Gasteiger partial charge in [-0.05, 0) is 38.0 Å². The lowest BCUT2D eigenvalue weighted by atomic mass is 9.70. The van der Waals surface area contributed by atoms with E-state index in [-0.39, 0.29) is 23.9 Å². The predicted octanol–water partition coefficient (Wildman–Crippen LogP) is 2.12. The number of urea groups is 1. The molecule has 0 aromatic rings. The standard InChI is InChI=1S/C13H24N2O3/c1-10(5-3-6-11(16)17)15-12(18)14-9-13(2)7-4-8-13/h10H,3-9H2,1-2H3,(H,16,17)(H2,14,15,18). The third kappa shape index (κ3) is 5.38. The molecule has 0 radical (unpaired) electrons. The summed E-state index contributed by atoms with van der Waals surface area (Å²) in [6.45, 7) is 4.81. The molecule has 0 spiro atoms. The summed E-state index contributed by atoms with van der Waals surface area (Å²) in [4.78, 5) is 22.0. The quantitative estimate of drug-likeness (QED) is 0.653. The molecule has 3 N–H and O–H groups in total. The molecule has 5 nitrogen and oxygen atoms in total. The maximum Gasteiger partial charge on any atom is 0.315 e. The zero-order chi connectivity index (χ0) is 13.6. The monoisotopic (exact) mass is 256 g/mol. The molecule has 0 saturated heterocycles. The number of rotatable bonds is 7. The molecule has 5 heteroatoms. The Bertz CT molecular complexity index is 301. The Balaban J connectivity index is 2.09. The van der Waals surface area contributed by atoms with E-state index in [1.165, 1.54) is 19.3 Å².